The van der Waals surface area contributed by atoms with Gasteiger partial charge in [0.2, 0.25) is 0 Å². The van der Waals surface area contributed by atoms with E-state index in [9.17, 15) is 1.37 Å². The third-order valence-electron chi connectivity index (χ3n) is 12.8. The Balaban J connectivity index is 0.936. The molecule has 8 heteroatoms. The van der Waals surface area contributed by atoms with Crippen LogP contribution in [0.4, 0.5) is 11.5 Å². The number of benzene rings is 9. The fraction of sp³-hybridized carbons (Fsp3) is 0. The second kappa shape index (κ2) is 16.6. The summed E-state index contributed by atoms with van der Waals surface area (Å²) in [7, 11) is 0. The van der Waals surface area contributed by atoms with Crippen molar-refractivity contribution in [1.82, 2.24) is 18.6 Å². The molecule has 12 aromatic rings. The molecule has 3 aromatic heterocycles. The summed E-state index contributed by atoms with van der Waals surface area (Å²) in [5.74, 6) is 0.400. The molecule has 0 amide bonds. The molecule has 0 unspecified atom stereocenters. The summed E-state index contributed by atoms with van der Waals surface area (Å²) in [6.07, 6.45) is 0. The Kier molecular flexibility index (Phi) is 8.99. The van der Waals surface area contributed by atoms with Crippen LogP contribution in [-0.2, 0) is 19.4 Å². The van der Waals surface area contributed by atoms with Crippen LogP contribution < -0.4 is 15.0 Å². The van der Waals surface area contributed by atoms with Crippen molar-refractivity contribution in [3.63, 3.8) is 0 Å². The second-order valence-electron chi connectivity index (χ2n) is 16.7. The van der Waals surface area contributed by atoms with E-state index in [-0.39, 0.29) is 29.8 Å². The summed E-state index contributed by atoms with van der Waals surface area (Å²) < 4.78 is 41.9. The maximum absolute atomic E-state index is 9.34. The number of anilines is 2. The Morgan fingerprint density at radius 2 is 1.15 bits per heavy atom. The number of fused-ring (bicyclic) bond motifs is 4. The number of rotatable bonds is 9. The van der Waals surface area contributed by atoms with E-state index in [1.165, 1.54) is 5.56 Å². The van der Waals surface area contributed by atoms with Gasteiger partial charge in [-0.3, -0.25) is 0 Å². The predicted molar refractivity (Wildman–Crippen MR) is 273 cm³/mol. The number of hydrogen-bond acceptors (Lipinski definition) is 3. The van der Waals surface area contributed by atoms with Gasteiger partial charge in [-0.2, -0.15) is 12.1 Å². The molecule has 324 valence electrons. The van der Waals surface area contributed by atoms with E-state index in [0.717, 1.165) is 81.3 Å². The molecule has 0 spiro atoms. The number of aromatic nitrogens is 4. The molecule has 0 atom stereocenters. The van der Waals surface area contributed by atoms with Gasteiger partial charge in [-0.1, -0.05) is 48.5 Å². The van der Waals surface area contributed by atoms with Gasteiger partial charge in [0.1, 0.15) is 0 Å². The van der Waals surface area contributed by atoms with Crippen molar-refractivity contribution in [1.29, 1.82) is 0 Å². The van der Waals surface area contributed by atoms with Crippen LogP contribution in [0.1, 0.15) is 4.11 Å². The van der Waals surface area contributed by atoms with Gasteiger partial charge in [-0.05, 0) is 11.5 Å². The van der Waals surface area contributed by atoms with Gasteiger partial charge in [0.05, 0.1) is 0 Å². The Morgan fingerprint density at radius 1 is 0.544 bits per heavy atom. The molecular weight excluding hydrogens is 1010 g/mol. The molecule has 0 bridgehead atoms. The van der Waals surface area contributed by atoms with E-state index in [0.29, 0.717) is 11.4 Å². The van der Waals surface area contributed by atoms with Gasteiger partial charge in [0.15, 0.2) is 0 Å². The minimum atomic E-state index is -0.459. The number of hydrogen-bond donors (Lipinski definition) is 0. The van der Waals surface area contributed by atoms with Gasteiger partial charge in [0.25, 0.3) is 0 Å². The first kappa shape index (κ1) is 36.9. The number of para-hydroxylation sites is 4. The predicted octanol–water partition coefficient (Wildman–Crippen LogP) is 13.8. The Labute approximate surface area is 409 Å². The fourth-order valence-electron chi connectivity index (χ4n) is 9.87. The summed E-state index contributed by atoms with van der Waals surface area (Å²) in [5, 5.41) is 2.17. The van der Waals surface area contributed by atoms with Crippen LogP contribution in [-0.4, -0.2) is 25.6 Å². The molecule has 68 heavy (non-hydrogen) atoms. The third kappa shape index (κ3) is 6.61. The topological polar surface area (TPSA) is 40.1 Å². The van der Waals surface area contributed by atoms with Gasteiger partial charge in [0, 0.05) is 5.52 Å². The van der Waals surface area contributed by atoms with Crippen molar-refractivity contribution in [2.45, 2.75) is 0 Å². The van der Waals surface area contributed by atoms with E-state index in [1.807, 2.05) is 71.5 Å². The van der Waals surface area contributed by atoms with Crippen LogP contribution in [0.3, 0.4) is 0 Å². The standard InChI is InChI=1S/C60H38BN5O.Pt/c1-4-18-42(19-5-1)43-36-38-45(39-37-43)50-28-15-27-49(44-20-6-2-7-21-44)59(50)64-41-63(54-31-12-13-32-55(54)64)47-24-14-25-48(40-47)67-58-35-17-34-57(62-58)65-56-33-16-29-52-51-26-10-11-30-53(51)66(60(52)56)61(65)46-22-8-3-9-23-46;/h1-32,34-39H;/q-2;/i17D,34D,35D;. The van der Waals surface area contributed by atoms with Gasteiger partial charge in [-0.15, -0.1) is 5.39 Å². The molecule has 1 aliphatic rings. The number of ether oxygens (including phenoxy) is 1. The molecule has 1 aliphatic heterocycles. The summed E-state index contributed by atoms with van der Waals surface area (Å²) >= 11 is 2.42. The molecule has 6 nitrogen and oxygen atoms in total. The first-order valence-corrected chi connectivity index (χ1v) is 23.5. The SMILES string of the molecule is [2H]c1c(Oc2[c-]c(-n3[c](=[Pt])n(-c4c(-c5ccccc5)cccc4-c4ccc(-c5ccccc5)cc4)c4ccccc43)ccc2)nc(N2B(c3ccccc3)n3c4ccccc4c4cc[c-]c2c43)c([2H])c1[2H]. The first-order valence-electron chi connectivity index (χ1n) is 23.9. The number of imidazole rings is 1. The first-order chi connectivity index (χ1) is 34.9. The molecule has 0 N–H and O–H groups in total. The van der Waals surface area contributed by atoms with E-state index in [4.69, 9.17) is 12.5 Å². The van der Waals surface area contributed by atoms with Gasteiger partial charge >= 0.3 is 328 Å². The zero-order chi connectivity index (χ0) is 47.7. The van der Waals surface area contributed by atoms with Crippen LogP contribution >= 0.6 is 0 Å². The molecule has 0 saturated carbocycles. The molecule has 9 aromatic carbocycles. The quantitative estimate of drug-likeness (QED) is 0.107. The molecule has 0 radical (unpaired) electrons. The molecular formula is C60H38BN5OPt-2. The maximum atomic E-state index is 9.34. The van der Waals surface area contributed by atoms with Crippen LogP contribution in [0.25, 0.3) is 77.6 Å². The van der Waals surface area contributed by atoms with E-state index < -0.39 is 6.98 Å². The van der Waals surface area contributed by atoms with Crippen LogP contribution in [0.2, 0.25) is 0 Å². The zero-order valence-corrected chi connectivity index (χ0v) is 38.5. The third-order valence-corrected chi connectivity index (χ3v) is 13.8. The summed E-state index contributed by atoms with van der Waals surface area (Å²) in [4.78, 5) is 6.93. The van der Waals surface area contributed by atoms with Gasteiger partial charge in [-0.25, -0.2) is 0 Å². The molecule has 0 aliphatic carbocycles. The fourth-order valence-corrected chi connectivity index (χ4v) is 10.9. The monoisotopic (exact) mass is 1050 g/mol. The normalized spacial score (nSPS) is 12.8. The minimum absolute atomic E-state index is 0.100. The molecule has 0 fully saturated rings. The van der Waals surface area contributed by atoms with Crippen LogP contribution in [0.15, 0.2) is 230 Å². The zero-order valence-electron chi connectivity index (χ0n) is 39.2. The average molecular weight is 1050 g/mol. The summed E-state index contributed by atoms with van der Waals surface area (Å²) in [6.45, 7) is -0.459. The number of nitrogens with zero attached hydrogens (tertiary/aromatic N) is 5. The van der Waals surface area contributed by atoms with E-state index in [1.54, 1.807) is 6.07 Å². The molecule has 4 heterocycles. The van der Waals surface area contributed by atoms with Crippen molar-refractivity contribution in [2.75, 3.05) is 4.81 Å². The second-order valence-corrected chi connectivity index (χ2v) is 17.7. The van der Waals surface area contributed by atoms with Crippen molar-refractivity contribution >= 4 is 56.8 Å². The van der Waals surface area contributed by atoms with E-state index in [2.05, 4.69) is 185 Å². The Hall–Kier alpha value is -8.25. The Morgan fingerprint density at radius 3 is 1.90 bits per heavy atom. The van der Waals surface area contributed by atoms with Crippen molar-refractivity contribution in [3.05, 3.63) is 246 Å². The Bertz CT molecular complexity index is 4110. The summed E-state index contributed by atoms with van der Waals surface area (Å²) in [6, 6.07) is 78.9. The average Bonchev–Trinajstić information content (AvgIpc) is 4.06. The van der Waals surface area contributed by atoms with Crippen molar-refractivity contribution in [3.8, 4) is 56.4 Å². The van der Waals surface area contributed by atoms with Crippen molar-refractivity contribution < 1.29 is 28.2 Å². The van der Waals surface area contributed by atoms with Gasteiger partial charge < -0.3 is 0 Å². The summed E-state index contributed by atoms with van der Waals surface area (Å²) in [5.41, 5.74) is 14.0. The van der Waals surface area contributed by atoms with Crippen LogP contribution in [0.5, 0.6) is 11.6 Å². The van der Waals surface area contributed by atoms with Crippen LogP contribution in [0, 0.1) is 15.9 Å². The molecule has 0 saturated heterocycles. The van der Waals surface area contributed by atoms with Crippen molar-refractivity contribution in [2.24, 2.45) is 0 Å². The molecule has 13 rings (SSSR count). The van der Waals surface area contributed by atoms with E-state index >= 15 is 0 Å². The number of pyridine rings is 1.